The van der Waals surface area contributed by atoms with Crippen molar-refractivity contribution in [3.05, 3.63) is 91.2 Å². The zero-order chi connectivity index (χ0) is 27.0. The molecule has 0 unspecified atom stereocenters. The number of anilines is 1. The molecule has 0 saturated carbocycles. The number of amides is 1. The van der Waals surface area contributed by atoms with E-state index in [0.717, 1.165) is 15.7 Å². The summed E-state index contributed by atoms with van der Waals surface area (Å²) in [6, 6.07) is 14.5. The Balaban J connectivity index is 1.48. The highest BCUT2D eigenvalue weighted by atomic mass is 127. The van der Waals surface area contributed by atoms with Gasteiger partial charge in [-0.15, -0.1) is 16.4 Å². The van der Waals surface area contributed by atoms with Gasteiger partial charge < -0.3 is 10.1 Å². The van der Waals surface area contributed by atoms with Crippen LogP contribution in [0.3, 0.4) is 0 Å². The van der Waals surface area contributed by atoms with Crippen LogP contribution < -0.4 is 10.1 Å². The SMILES string of the molecule is O=C(Nc1cc(Oc2ccc(I)cc2)cc([N+](=O)[O-])c1)c1nc2nc(-c3cccs3)cc(C(F)(F)F)n2n1. The summed E-state index contributed by atoms with van der Waals surface area (Å²) in [5, 5.41) is 19.2. The quantitative estimate of drug-likeness (QED) is 0.127. The number of nitro groups is 1. The molecule has 5 rings (SSSR count). The first-order chi connectivity index (χ1) is 18.1. The van der Waals surface area contributed by atoms with Crippen molar-refractivity contribution in [1.82, 2.24) is 19.6 Å². The van der Waals surface area contributed by atoms with Crippen molar-refractivity contribution >= 4 is 57.0 Å². The molecule has 0 radical (unpaired) electrons. The van der Waals surface area contributed by atoms with Crippen molar-refractivity contribution in [3.63, 3.8) is 0 Å². The summed E-state index contributed by atoms with van der Waals surface area (Å²) in [7, 11) is 0. The molecular formula is C23H12F3IN6O4S. The molecule has 38 heavy (non-hydrogen) atoms. The zero-order valence-electron chi connectivity index (χ0n) is 18.6. The number of carbonyl (C=O) groups is 1. The van der Waals surface area contributed by atoms with E-state index in [0.29, 0.717) is 15.1 Å². The highest BCUT2D eigenvalue weighted by Gasteiger charge is 2.36. The Kier molecular flexibility index (Phi) is 6.70. The third kappa shape index (κ3) is 5.42. The molecule has 3 heterocycles. The molecule has 192 valence electrons. The summed E-state index contributed by atoms with van der Waals surface area (Å²) in [5.41, 5.74) is -1.57. The highest BCUT2D eigenvalue weighted by molar-refractivity contribution is 14.1. The number of aromatic nitrogens is 4. The molecule has 5 aromatic rings. The summed E-state index contributed by atoms with van der Waals surface area (Å²) < 4.78 is 48.4. The van der Waals surface area contributed by atoms with Crippen molar-refractivity contribution in [3.8, 4) is 22.1 Å². The Morgan fingerprint density at radius 1 is 1.08 bits per heavy atom. The fraction of sp³-hybridized carbons (Fsp3) is 0.0435. The third-order valence-corrected chi connectivity index (χ3v) is 6.60. The van der Waals surface area contributed by atoms with Gasteiger partial charge in [-0.2, -0.15) is 22.7 Å². The lowest BCUT2D eigenvalue weighted by Crippen LogP contribution is -2.16. The second kappa shape index (κ2) is 9.97. The normalized spacial score (nSPS) is 11.5. The molecule has 0 aliphatic carbocycles. The molecular weight excluding hydrogens is 640 g/mol. The van der Waals surface area contributed by atoms with Crippen LogP contribution >= 0.6 is 33.9 Å². The summed E-state index contributed by atoms with van der Waals surface area (Å²) in [6.45, 7) is 0. The number of rotatable bonds is 6. The predicted octanol–water partition coefficient (Wildman–Crippen LogP) is 6.43. The number of carbonyl (C=O) groups excluding carboxylic acids is 1. The molecule has 2 aromatic carbocycles. The summed E-state index contributed by atoms with van der Waals surface area (Å²) >= 11 is 3.30. The summed E-state index contributed by atoms with van der Waals surface area (Å²) in [5.74, 6) is -1.59. The van der Waals surface area contributed by atoms with Gasteiger partial charge in [0.25, 0.3) is 17.4 Å². The second-order valence-electron chi connectivity index (χ2n) is 7.63. The number of benzene rings is 2. The maximum atomic E-state index is 13.8. The average molecular weight is 652 g/mol. The van der Waals surface area contributed by atoms with E-state index in [-0.39, 0.29) is 22.8 Å². The number of thiophene rings is 1. The van der Waals surface area contributed by atoms with Gasteiger partial charge in [0, 0.05) is 15.7 Å². The van der Waals surface area contributed by atoms with Gasteiger partial charge in [-0.05, 0) is 64.4 Å². The van der Waals surface area contributed by atoms with Gasteiger partial charge in [-0.3, -0.25) is 14.9 Å². The molecule has 15 heteroatoms. The second-order valence-corrected chi connectivity index (χ2v) is 9.83. The number of hydrogen-bond donors (Lipinski definition) is 1. The number of nitrogens with one attached hydrogen (secondary N) is 1. The lowest BCUT2D eigenvalue weighted by Gasteiger charge is -2.09. The molecule has 3 aromatic heterocycles. The molecule has 0 saturated heterocycles. The summed E-state index contributed by atoms with van der Waals surface area (Å²) in [4.78, 5) is 32.1. The van der Waals surface area contributed by atoms with Crippen LogP contribution in [0.15, 0.2) is 66.0 Å². The maximum Gasteiger partial charge on any atom is 0.433 e. The minimum absolute atomic E-state index is 0.0234. The van der Waals surface area contributed by atoms with E-state index >= 15 is 0 Å². The van der Waals surface area contributed by atoms with Gasteiger partial charge in [0.15, 0.2) is 5.69 Å². The van der Waals surface area contributed by atoms with E-state index in [1.54, 1.807) is 41.8 Å². The van der Waals surface area contributed by atoms with E-state index in [1.165, 1.54) is 23.5 Å². The van der Waals surface area contributed by atoms with Crippen molar-refractivity contribution in [2.75, 3.05) is 5.32 Å². The Morgan fingerprint density at radius 3 is 2.50 bits per heavy atom. The number of non-ortho nitro benzene ring substituents is 1. The molecule has 1 N–H and O–H groups in total. The van der Waals surface area contributed by atoms with Crippen LogP contribution in [0.25, 0.3) is 16.3 Å². The molecule has 0 aliphatic heterocycles. The van der Waals surface area contributed by atoms with E-state index in [4.69, 9.17) is 4.74 Å². The molecule has 0 fully saturated rings. The molecule has 10 nitrogen and oxygen atoms in total. The van der Waals surface area contributed by atoms with Gasteiger partial charge in [0.1, 0.15) is 11.5 Å². The number of nitro benzene ring substituents is 1. The number of hydrogen-bond acceptors (Lipinski definition) is 8. The lowest BCUT2D eigenvalue weighted by molar-refractivity contribution is -0.384. The van der Waals surface area contributed by atoms with Crippen molar-refractivity contribution < 1.29 is 27.6 Å². The van der Waals surface area contributed by atoms with E-state index in [2.05, 4.69) is 43.0 Å². The molecule has 0 bridgehead atoms. The number of halogens is 4. The number of nitrogens with zero attached hydrogens (tertiary/aromatic N) is 5. The van der Waals surface area contributed by atoms with Crippen molar-refractivity contribution in [1.29, 1.82) is 0 Å². The highest BCUT2D eigenvalue weighted by Crippen LogP contribution is 2.33. The van der Waals surface area contributed by atoms with Crippen molar-refractivity contribution in [2.45, 2.75) is 6.18 Å². The van der Waals surface area contributed by atoms with Gasteiger partial charge in [0.2, 0.25) is 5.82 Å². The van der Waals surface area contributed by atoms with Crippen LogP contribution in [0, 0.1) is 13.7 Å². The standard InChI is InChI=1S/C23H12F3IN6O4S/c24-23(25,26)19-11-17(18-2-1-7-38-18)29-22-30-20(31-32(19)22)21(34)28-13-8-14(33(35)36)10-16(9-13)37-15-5-3-12(27)4-6-15/h1-11H,(H,28,34). The Labute approximate surface area is 228 Å². The maximum absolute atomic E-state index is 13.8. The Bertz CT molecular complexity index is 1670. The van der Waals surface area contributed by atoms with Crippen molar-refractivity contribution in [2.24, 2.45) is 0 Å². The molecule has 0 spiro atoms. The van der Waals surface area contributed by atoms with Crippen LogP contribution in [-0.4, -0.2) is 30.4 Å². The fourth-order valence-corrected chi connectivity index (χ4v) is 4.41. The van der Waals surface area contributed by atoms with Gasteiger partial charge in [-0.1, -0.05) is 6.07 Å². The summed E-state index contributed by atoms with van der Waals surface area (Å²) in [6.07, 6.45) is -4.81. The van der Waals surface area contributed by atoms with Crippen LogP contribution in [0.4, 0.5) is 24.5 Å². The fourth-order valence-electron chi connectivity index (χ4n) is 3.36. The molecule has 0 aliphatic rings. The minimum Gasteiger partial charge on any atom is -0.457 e. The zero-order valence-corrected chi connectivity index (χ0v) is 21.6. The number of alkyl halides is 3. The smallest absolute Gasteiger partial charge is 0.433 e. The lowest BCUT2D eigenvalue weighted by atomic mass is 10.2. The van der Waals surface area contributed by atoms with Gasteiger partial charge >= 0.3 is 6.18 Å². The van der Waals surface area contributed by atoms with Crippen LogP contribution in [0.5, 0.6) is 11.5 Å². The van der Waals surface area contributed by atoms with E-state index < -0.39 is 34.3 Å². The number of ether oxygens (including phenoxy) is 1. The minimum atomic E-state index is -4.81. The topological polar surface area (TPSA) is 125 Å². The average Bonchev–Trinajstić information content (AvgIpc) is 3.54. The first-order valence-corrected chi connectivity index (χ1v) is 12.5. The van der Waals surface area contributed by atoms with E-state index in [9.17, 15) is 28.1 Å². The van der Waals surface area contributed by atoms with Gasteiger partial charge in [-0.25, -0.2) is 4.98 Å². The number of fused-ring (bicyclic) bond motifs is 1. The van der Waals surface area contributed by atoms with Crippen LogP contribution in [0.2, 0.25) is 0 Å². The molecule has 0 atom stereocenters. The van der Waals surface area contributed by atoms with Crippen LogP contribution in [0.1, 0.15) is 16.3 Å². The van der Waals surface area contributed by atoms with Crippen LogP contribution in [-0.2, 0) is 6.18 Å². The Morgan fingerprint density at radius 2 is 1.84 bits per heavy atom. The predicted molar refractivity (Wildman–Crippen MR) is 139 cm³/mol. The monoisotopic (exact) mass is 652 g/mol. The molecule has 1 amide bonds. The van der Waals surface area contributed by atoms with E-state index in [1.807, 2.05) is 0 Å². The Hall–Kier alpha value is -4.12. The van der Waals surface area contributed by atoms with Gasteiger partial charge in [0.05, 0.1) is 27.2 Å². The first-order valence-electron chi connectivity index (χ1n) is 10.5. The largest absolute Gasteiger partial charge is 0.457 e. The third-order valence-electron chi connectivity index (χ3n) is 4.99. The first kappa shape index (κ1) is 25.5.